The molecule has 2 heterocycles. The highest BCUT2D eigenvalue weighted by atomic mass is 19.1. The van der Waals surface area contributed by atoms with Gasteiger partial charge in [-0.2, -0.15) is 5.10 Å². The molecule has 2 aromatic carbocycles. The Kier molecular flexibility index (Phi) is 6.34. The number of para-hydroxylation sites is 2. The Labute approximate surface area is 180 Å². The van der Waals surface area contributed by atoms with E-state index in [1.807, 2.05) is 36.7 Å². The van der Waals surface area contributed by atoms with Crippen LogP contribution in [0.5, 0.6) is 5.75 Å². The molecule has 1 aliphatic heterocycles. The average Bonchev–Trinajstić information content (AvgIpc) is 3.24. The molecule has 1 N–H and O–H groups in total. The number of hydrogen-bond donors (Lipinski definition) is 1. The number of piperidine rings is 1. The maximum Gasteiger partial charge on any atom is 0.144 e. The van der Waals surface area contributed by atoms with Crippen molar-refractivity contribution in [2.45, 2.75) is 25.8 Å². The Bertz CT molecular complexity index is 1040. The average molecular weight is 427 g/mol. The monoisotopic (exact) mass is 427 g/mol. The molecule has 31 heavy (non-hydrogen) atoms. The molecule has 1 saturated heterocycles. The first-order chi connectivity index (χ1) is 15.0. The summed E-state index contributed by atoms with van der Waals surface area (Å²) < 4.78 is 34.7. The van der Waals surface area contributed by atoms with Crippen molar-refractivity contribution < 1.29 is 18.6 Å². The minimum absolute atomic E-state index is 0.0409. The van der Waals surface area contributed by atoms with Crippen LogP contribution in [-0.2, 0) is 13.0 Å². The van der Waals surface area contributed by atoms with Crippen LogP contribution in [0.15, 0.2) is 54.9 Å². The fraction of sp³-hybridized carbons (Fsp3) is 0.375. The molecule has 1 fully saturated rings. The quantitative estimate of drug-likeness (QED) is 0.620. The summed E-state index contributed by atoms with van der Waals surface area (Å²) in [5, 5.41) is 14.7. The first-order valence-corrected chi connectivity index (χ1v) is 10.5. The van der Waals surface area contributed by atoms with Crippen molar-refractivity contribution >= 4 is 0 Å². The van der Waals surface area contributed by atoms with Crippen molar-refractivity contribution in [2.24, 2.45) is 5.41 Å². The largest absolute Gasteiger partial charge is 0.494 e. The summed E-state index contributed by atoms with van der Waals surface area (Å²) in [7, 11) is 1.63. The van der Waals surface area contributed by atoms with Crippen molar-refractivity contribution in [2.75, 3.05) is 26.8 Å². The summed E-state index contributed by atoms with van der Waals surface area (Å²) in [4.78, 5) is 2.27. The van der Waals surface area contributed by atoms with Gasteiger partial charge in [-0.05, 0) is 49.6 Å². The number of rotatable bonds is 7. The van der Waals surface area contributed by atoms with Crippen LogP contribution < -0.4 is 4.74 Å². The van der Waals surface area contributed by atoms with Gasteiger partial charge in [0, 0.05) is 36.3 Å². The van der Waals surface area contributed by atoms with E-state index in [0.29, 0.717) is 25.1 Å². The smallest absolute Gasteiger partial charge is 0.144 e. The Morgan fingerprint density at radius 1 is 1.19 bits per heavy atom. The van der Waals surface area contributed by atoms with E-state index in [4.69, 9.17) is 4.74 Å². The molecule has 3 aromatic rings. The maximum absolute atomic E-state index is 14.2. The molecule has 7 heteroatoms. The molecular weight excluding hydrogens is 400 g/mol. The normalized spacial score (nSPS) is 19.5. The Hall–Kier alpha value is -2.77. The van der Waals surface area contributed by atoms with E-state index in [-0.39, 0.29) is 6.61 Å². The minimum atomic E-state index is -0.586. The van der Waals surface area contributed by atoms with E-state index in [1.165, 1.54) is 12.1 Å². The molecule has 1 unspecified atom stereocenters. The topological polar surface area (TPSA) is 50.5 Å². The lowest BCUT2D eigenvalue weighted by molar-refractivity contribution is 0.0282. The van der Waals surface area contributed by atoms with E-state index < -0.39 is 17.0 Å². The van der Waals surface area contributed by atoms with Crippen molar-refractivity contribution in [1.29, 1.82) is 0 Å². The van der Waals surface area contributed by atoms with E-state index in [0.717, 1.165) is 42.5 Å². The molecule has 4 rings (SSSR count). The van der Waals surface area contributed by atoms with Gasteiger partial charge in [0.1, 0.15) is 23.1 Å². The Balaban J connectivity index is 1.48. The lowest BCUT2D eigenvalue weighted by atomic mass is 9.75. The molecule has 0 amide bonds. The molecule has 1 atom stereocenters. The SMILES string of the molecule is COc1ccccc1-n1cc(CN2CCCC(CO)(Cc3ccc(F)cc3F)C2)cn1. The van der Waals surface area contributed by atoms with Crippen LogP contribution in [0.2, 0.25) is 0 Å². The second-order valence-corrected chi connectivity index (χ2v) is 8.35. The predicted octanol–water partition coefficient (Wildman–Crippen LogP) is 3.98. The second-order valence-electron chi connectivity index (χ2n) is 8.35. The van der Waals surface area contributed by atoms with Crippen LogP contribution in [0.4, 0.5) is 8.78 Å². The van der Waals surface area contributed by atoms with E-state index in [1.54, 1.807) is 11.8 Å². The van der Waals surface area contributed by atoms with E-state index in [2.05, 4.69) is 10.00 Å². The zero-order chi connectivity index (χ0) is 21.8. The number of halogens is 2. The Morgan fingerprint density at radius 2 is 2.03 bits per heavy atom. The highest BCUT2D eigenvalue weighted by Crippen LogP contribution is 2.35. The number of benzene rings is 2. The first-order valence-electron chi connectivity index (χ1n) is 10.5. The van der Waals surface area contributed by atoms with Crippen LogP contribution in [0, 0.1) is 17.0 Å². The van der Waals surface area contributed by atoms with Gasteiger partial charge in [-0.25, -0.2) is 13.5 Å². The fourth-order valence-electron chi connectivity index (χ4n) is 4.49. The Morgan fingerprint density at radius 3 is 2.81 bits per heavy atom. The van der Waals surface area contributed by atoms with Gasteiger partial charge in [0.2, 0.25) is 0 Å². The van der Waals surface area contributed by atoms with Crippen LogP contribution in [-0.4, -0.2) is 46.6 Å². The zero-order valence-corrected chi connectivity index (χ0v) is 17.6. The molecule has 1 aliphatic rings. The lowest BCUT2D eigenvalue weighted by Gasteiger charge is -2.42. The van der Waals surface area contributed by atoms with Gasteiger partial charge in [-0.1, -0.05) is 18.2 Å². The minimum Gasteiger partial charge on any atom is -0.494 e. The third-order valence-corrected chi connectivity index (χ3v) is 6.03. The third kappa shape index (κ3) is 4.78. The number of aliphatic hydroxyl groups is 1. The van der Waals surface area contributed by atoms with Crippen molar-refractivity contribution in [3.63, 3.8) is 0 Å². The number of hydrogen-bond acceptors (Lipinski definition) is 4. The van der Waals surface area contributed by atoms with Gasteiger partial charge in [-0.3, -0.25) is 4.90 Å². The van der Waals surface area contributed by atoms with Gasteiger partial charge >= 0.3 is 0 Å². The van der Waals surface area contributed by atoms with Gasteiger partial charge in [0.05, 0.1) is 19.9 Å². The summed E-state index contributed by atoms with van der Waals surface area (Å²) in [5.74, 6) is -0.393. The summed E-state index contributed by atoms with van der Waals surface area (Å²) in [6.07, 6.45) is 5.90. The number of ether oxygens (including phenoxy) is 1. The number of likely N-dealkylation sites (tertiary alicyclic amines) is 1. The van der Waals surface area contributed by atoms with Crippen LogP contribution >= 0.6 is 0 Å². The molecule has 164 valence electrons. The molecule has 1 aromatic heterocycles. The summed E-state index contributed by atoms with van der Waals surface area (Å²) >= 11 is 0. The number of methoxy groups -OCH3 is 1. The molecule has 0 saturated carbocycles. The molecule has 0 bridgehead atoms. The zero-order valence-electron chi connectivity index (χ0n) is 17.6. The van der Waals surface area contributed by atoms with Crippen LogP contribution in [0.25, 0.3) is 5.69 Å². The van der Waals surface area contributed by atoms with Gasteiger partial charge in [-0.15, -0.1) is 0 Å². The summed E-state index contributed by atoms with van der Waals surface area (Å²) in [6.45, 7) is 2.18. The van der Waals surface area contributed by atoms with Gasteiger partial charge in [0.25, 0.3) is 0 Å². The van der Waals surface area contributed by atoms with Crippen molar-refractivity contribution in [1.82, 2.24) is 14.7 Å². The van der Waals surface area contributed by atoms with E-state index in [9.17, 15) is 13.9 Å². The molecule has 0 spiro atoms. The van der Waals surface area contributed by atoms with Crippen molar-refractivity contribution in [3.8, 4) is 11.4 Å². The third-order valence-electron chi connectivity index (χ3n) is 6.03. The predicted molar refractivity (Wildman–Crippen MR) is 114 cm³/mol. The highest BCUT2D eigenvalue weighted by Gasteiger charge is 2.36. The lowest BCUT2D eigenvalue weighted by Crippen LogP contribution is -2.46. The van der Waals surface area contributed by atoms with Gasteiger partial charge in [0.15, 0.2) is 0 Å². The molecule has 5 nitrogen and oxygen atoms in total. The summed E-state index contributed by atoms with van der Waals surface area (Å²) in [5.41, 5.74) is 1.91. The summed E-state index contributed by atoms with van der Waals surface area (Å²) in [6, 6.07) is 11.4. The number of aliphatic hydroxyl groups excluding tert-OH is 1. The molecular formula is C24H27F2N3O2. The fourth-order valence-corrected chi connectivity index (χ4v) is 4.49. The number of aromatic nitrogens is 2. The second kappa shape index (κ2) is 9.16. The van der Waals surface area contributed by atoms with Crippen molar-refractivity contribution in [3.05, 3.63) is 77.6 Å². The standard InChI is InChI=1S/C24H27F2N3O2/c1-31-23-6-3-2-5-22(23)29-15-18(13-27-29)14-28-10-4-9-24(16-28,17-30)12-19-7-8-20(25)11-21(19)26/h2-3,5-8,11,13,15,30H,4,9-10,12,14,16-17H2,1H3. The van der Waals surface area contributed by atoms with Gasteiger partial charge < -0.3 is 9.84 Å². The maximum atomic E-state index is 14.2. The first kappa shape index (κ1) is 21.5. The molecule has 0 radical (unpaired) electrons. The number of nitrogens with zero attached hydrogens (tertiary/aromatic N) is 3. The van der Waals surface area contributed by atoms with E-state index >= 15 is 0 Å². The van der Waals surface area contributed by atoms with Crippen LogP contribution in [0.1, 0.15) is 24.0 Å². The molecule has 0 aliphatic carbocycles. The highest BCUT2D eigenvalue weighted by molar-refractivity contribution is 5.46. The van der Waals surface area contributed by atoms with Crippen LogP contribution in [0.3, 0.4) is 0 Å².